The van der Waals surface area contributed by atoms with Gasteiger partial charge < -0.3 is 9.29 Å². The maximum Gasteiger partial charge on any atom is 0.485 e. The van der Waals surface area contributed by atoms with Gasteiger partial charge in [-0.1, -0.05) is 0 Å². The molecule has 0 saturated heterocycles. The van der Waals surface area contributed by atoms with Crippen molar-refractivity contribution in [1.29, 1.82) is 0 Å². The third-order valence-electron chi connectivity index (χ3n) is 2.41. The number of ether oxygens (including phenoxy) is 1. The minimum Gasteiger partial charge on any atom is -0.741 e. The lowest BCUT2D eigenvalue weighted by atomic mass is 10.1. The van der Waals surface area contributed by atoms with E-state index >= 15 is 0 Å². The molecule has 21 heavy (non-hydrogen) atoms. The molecule has 122 valence electrons. The van der Waals surface area contributed by atoms with Crippen LogP contribution in [0.5, 0.6) is 5.75 Å². The molecule has 9 heteroatoms. The number of benzene rings is 1. The van der Waals surface area contributed by atoms with Crippen LogP contribution in [-0.4, -0.2) is 46.7 Å². The average molecular weight is 329 g/mol. The third-order valence-corrected chi connectivity index (χ3v) is 2.98. The number of hydrogen-bond acceptors (Lipinski definition) is 4. The van der Waals surface area contributed by atoms with Crippen LogP contribution in [0.1, 0.15) is 5.56 Å². The molecule has 0 heterocycles. The van der Waals surface area contributed by atoms with Crippen molar-refractivity contribution in [3.63, 3.8) is 0 Å². The number of hydrogen-bond donors (Lipinski definition) is 0. The second kappa shape index (κ2) is 6.63. The van der Waals surface area contributed by atoms with Crippen molar-refractivity contribution >= 4 is 15.8 Å². The molecule has 0 spiro atoms. The first-order valence-electron chi connectivity index (χ1n) is 5.69. The first-order valence-corrected chi connectivity index (χ1v) is 7.09. The summed E-state index contributed by atoms with van der Waals surface area (Å²) < 4.78 is 64.9. The molecule has 1 aromatic rings. The number of aryl methyl sites for hydroxylation is 1. The van der Waals surface area contributed by atoms with Crippen molar-refractivity contribution in [2.24, 2.45) is 0 Å². The Bertz CT molecular complexity index is 577. The zero-order valence-electron chi connectivity index (χ0n) is 12.4. The number of quaternary nitrogens is 1. The van der Waals surface area contributed by atoms with Gasteiger partial charge in [0.15, 0.2) is 10.1 Å². The summed E-state index contributed by atoms with van der Waals surface area (Å²) in [5, 5.41) is 0. The van der Waals surface area contributed by atoms with Gasteiger partial charge in [0.05, 0.1) is 28.3 Å². The summed E-state index contributed by atoms with van der Waals surface area (Å²) in [6, 6.07) is 6.19. The molecule has 1 rings (SSSR count). The molecule has 0 unspecified atom stereocenters. The minimum atomic E-state index is -6.09. The van der Waals surface area contributed by atoms with E-state index in [0.29, 0.717) is 0 Å². The Balaban J connectivity index is 0.000000433. The van der Waals surface area contributed by atoms with Gasteiger partial charge in [-0.15, -0.1) is 0 Å². The maximum atomic E-state index is 10.7. The Morgan fingerprint density at radius 3 is 1.86 bits per heavy atom. The number of halogens is 3. The second-order valence-electron chi connectivity index (χ2n) is 5.06. The van der Waals surface area contributed by atoms with Crippen LogP contribution in [0.4, 0.5) is 18.9 Å². The van der Waals surface area contributed by atoms with Gasteiger partial charge in [0, 0.05) is 11.6 Å². The highest BCUT2D eigenvalue weighted by molar-refractivity contribution is 7.86. The Labute approximate surface area is 122 Å². The van der Waals surface area contributed by atoms with E-state index in [9.17, 15) is 13.2 Å². The summed E-state index contributed by atoms with van der Waals surface area (Å²) in [6.45, 7) is 2.11. The molecular formula is C12H18F3NO4S. The SMILES string of the molecule is COc1ccc([N+](C)(C)C)c(C)c1.O=S(=O)([O-])C(F)(F)F. The van der Waals surface area contributed by atoms with Crippen LogP contribution in [0.25, 0.3) is 0 Å². The van der Waals surface area contributed by atoms with E-state index in [1.807, 2.05) is 6.07 Å². The topological polar surface area (TPSA) is 66.4 Å². The molecule has 0 aliphatic rings. The maximum absolute atomic E-state index is 10.7. The van der Waals surface area contributed by atoms with Crippen molar-refractivity contribution < 1.29 is 30.9 Å². The molecular weight excluding hydrogens is 311 g/mol. The molecule has 0 aromatic heterocycles. The smallest absolute Gasteiger partial charge is 0.485 e. The lowest BCUT2D eigenvalue weighted by Gasteiger charge is -2.25. The zero-order valence-corrected chi connectivity index (χ0v) is 13.2. The van der Waals surface area contributed by atoms with E-state index in [4.69, 9.17) is 17.7 Å². The van der Waals surface area contributed by atoms with Gasteiger partial charge >= 0.3 is 5.51 Å². The predicted molar refractivity (Wildman–Crippen MR) is 73.0 cm³/mol. The highest BCUT2D eigenvalue weighted by atomic mass is 32.2. The molecule has 0 aliphatic carbocycles. The standard InChI is InChI=1S/C11H18NO.CHF3O3S/c1-9-8-10(13-5)6-7-11(9)12(2,3)4;2-1(3,4)8(5,6)7/h6-8H,1-5H3;(H,5,6,7)/q+1;/p-1. The molecule has 0 bridgehead atoms. The molecule has 0 saturated carbocycles. The summed E-state index contributed by atoms with van der Waals surface area (Å²) in [4.78, 5) is 0. The van der Waals surface area contributed by atoms with Gasteiger partial charge in [-0.3, -0.25) is 4.48 Å². The fraction of sp³-hybridized carbons (Fsp3) is 0.500. The van der Waals surface area contributed by atoms with Crippen LogP contribution in [0, 0.1) is 6.92 Å². The molecule has 0 amide bonds. The summed E-state index contributed by atoms with van der Waals surface area (Å²) in [5.41, 5.74) is -3.06. The monoisotopic (exact) mass is 329 g/mol. The summed E-state index contributed by atoms with van der Waals surface area (Å²) >= 11 is 0. The fourth-order valence-corrected chi connectivity index (χ4v) is 1.51. The Hall–Kier alpha value is -1.32. The number of rotatable bonds is 2. The number of alkyl halides is 3. The van der Waals surface area contributed by atoms with E-state index in [1.54, 1.807) is 7.11 Å². The van der Waals surface area contributed by atoms with Crippen LogP contribution < -0.4 is 9.22 Å². The summed E-state index contributed by atoms with van der Waals surface area (Å²) in [5.74, 6) is 0.926. The van der Waals surface area contributed by atoms with Crippen LogP contribution >= 0.6 is 0 Å². The first-order chi connectivity index (χ1) is 9.20. The second-order valence-corrected chi connectivity index (χ2v) is 6.44. The van der Waals surface area contributed by atoms with Gasteiger partial charge in [-0.2, -0.15) is 13.2 Å². The van der Waals surface area contributed by atoms with Gasteiger partial charge in [-0.25, -0.2) is 8.42 Å². The third kappa shape index (κ3) is 6.32. The summed E-state index contributed by atoms with van der Waals surface area (Å²) in [6.07, 6.45) is 0. The van der Waals surface area contributed by atoms with Gasteiger partial charge in [0.1, 0.15) is 11.4 Å². The highest BCUT2D eigenvalue weighted by Crippen LogP contribution is 2.26. The van der Waals surface area contributed by atoms with Crippen LogP contribution in [-0.2, 0) is 10.1 Å². The van der Waals surface area contributed by atoms with Gasteiger partial charge in [0.2, 0.25) is 0 Å². The molecule has 0 fully saturated rings. The van der Waals surface area contributed by atoms with Gasteiger partial charge in [-0.05, 0) is 19.1 Å². The molecule has 1 aromatic carbocycles. The van der Waals surface area contributed by atoms with Crippen LogP contribution in [0.15, 0.2) is 18.2 Å². The quantitative estimate of drug-likeness (QED) is 0.474. The van der Waals surface area contributed by atoms with Crippen molar-refractivity contribution in [2.45, 2.75) is 12.4 Å². The minimum absolute atomic E-state index is 0.843. The zero-order chi connectivity index (χ0) is 17.1. The first kappa shape index (κ1) is 19.7. The van der Waals surface area contributed by atoms with Gasteiger partial charge in [0.25, 0.3) is 0 Å². The Kier molecular flexibility index (Phi) is 6.21. The molecule has 0 N–H and O–H groups in total. The van der Waals surface area contributed by atoms with Crippen molar-refractivity contribution in [1.82, 2.24) is 4.48 Å². The average Bonchev–Trinajstić information content (AvgIpc) is 2.25. The number of methoxy groups -OCH3 is 1. The highest BCUT2D eigenvalue weighted by Gasteiger charge is 2.36. The molecule has 5 nitrogen and oxygen atoms in total. The van der Waals surface area contributed by atoms with E-state index < -0.39 is 15.6 Å². The van der Waals surface area contributed by atoms with E-state index in [2.05, 4.69) is 40.2 Å². The fourth-order valence-electron chi connectivity index (χ4n) is 1.51. The van der Waals surface area contributed by atoms with Crippen LogP contribution in [0.2, 0.25) is 0 Å². The van der Waals surface area contributed by atoms with Crippen LogP contribution in [0.3, 0.4) is 0 Å². The molecule has 0 aliphatic heterocycles. The summed E-state index contributed by atoms with van der Waals surface area (Å²) in [7, 11) is 2.09. The van der Waals surface area contributed by atoms with Crippen molar-refractivity contribution in [3.8, 4) is 5.75 Å². The van der Waals surface area contributed by atoms with E-state index in [-0.39, 0.29) is 0 Å². The Morgan fingerprint density at radius 1 is 1.19 bits per heavy atom. The van der Waals surface area contributed by atoms with Crippen molar-refractivity contribution in [3.05, 3.63) is 23.8 Å². The van der Waals surface area contributed by atoms with Crippen molar-refractivity contribution in [2.75, 3.05) is 28.3 Å². The largest absolute Gasteiger partial charge is 0.741 e. The van der Waals surface area contributed by atoms with E-state index in [1.165, 1.54) is 11.3 Å². The predicted octanol–water partition coefficient (Wildman–Crippen LogP) is 2.25. The number of nitrogens with zero attached hydrogens (tertiary/aromatic N) is 1. The lowest BCUT2D eigenvalue weighted by molar-refractivity contribution is -0.0517. The molecule has 0 atom stereocenters. The van der Waals surface area contributed by atoms with E-state index in [0.717, 1.165) is 10.2 Å². The molecule has 0 radical (unpaired) electrons. The normalized spacial score (nSPS) is 12.4. The lowest BCUT2D eigenvalue weighted by Crippen LogP contribution is -2.35. The Morgan fingerprint density at radius 2 is 1.62 bits per heavy atom.